The summed E-state index contributed by atoms with van der Waals surface area (Å²) in [4.78, 5) is 101. The van der Waals surface area contributed by atoms with E-state index in [0.717, 1.165) is 0 Å². The standard InChI is InChI=1S/C28H43N11O8S2/c1-48-5-3-18(29)25(43)32-11-22(40)37-19(4-6-49-2)26(44)33-12-23(41)38-20(7-16-9-30-14-35-16)27(45)34-13-24(42)39-21(28(46)47)8-17-10-31-15-36-17/h9-10,14-15,18-21H,3-8,11-13,29H2,1-2H3,(H,30,35)(H,31,36)(H,32,43)(H,33,44)(H,34,45)(H,37,40)(H,38,41)(H,39,42)(H,46,47). The van der Waals surface area contributed by atoms with Gasteiger partial charge in [0, 0.05) is 25.2 Å². The molecule has 19 nitrogen and oxygen atoms in total. The third-order valence-electron chi connectivity index (χ3n) is 6.72. The average molecular weight is 726 g/mol. The lowest BCUT2D eigenvalue weighted by atomic mass is 10.1. The first-order chi connectivity index (χ1) is 23.4. The molecule has 0 fully saturated rings. The highest BCUT2D eigenvalue weighted by molar-refractivity contribution is 7.98. The van der Waals surface area contributed by atoms with Crippen molar-refractivity contribution < 1.29 is 38.7 Å². The van der Waals surface area contributed by atoms with Crippen LogP contribution >= 0.6 is 23.5 Å². The van der Waals surface area contributed by atoms with E-state index in [2.05, 4.69) is 51.8 Å². The van der Waals surface area contributed by atoms with Crippen LogP contribution in [0.3, 0.4) is 0 Å². The molecule has 11 N–H and O–H groups in total. The van der Waals surface area contributed by atoms with Crippen LogP contribution in [-0.4, -0.2) is 134 Å². The zero-order valence-corrected chi connectivity index (χ0v) is 28.7. The van der Waals surface area contributed by atoms with Crippen molar-refractivity contribution in [3.05, 3.63) is 36.4 Å². The Kier molecular flexibility index (Phi) is 18.3. The van der Waals surface area contributed by atoms with E-state index in [-0.39, 0.29) is 19.3 Å². The number of imidazole rings is 2. The quantitative estimate of drug-likeness (QED) is 0.0536. The number of aromatic amines is 2. The van der Waals surface area contributed by atoms with Crippen LogP contribution in [0, 0.1) is 0 Å². The largest absolute Gasteiger partial charge is 0.480 e. The SMILES string of the molecule is CSCCC(N)C(=O)NCC(=O)NC(CCSC)C(=O)NCC(=O)NC(Cc1c[nH]cn1)C(=O)NCC(=O)NC(Cc1c[nH]cn1)C(=O)O. The number of rotatable bonds is 23. The van der Waals surface area contributed by atoms with Gasteiger partial charge in [0.2, 0.25) is 35.4 Å². The number of hydrogen-bond donors (Lipinski definition) is 10. The monoisotopic (exact) mass is 725 g/mol. The first kappa shape index (κ1) is 40.5. The zero-order valence-electron chi connectivity index (χ0n) is 27.1. The number of aliphatic carboxylic acids is 1. The molecule has 49 heavy (non-hydrogen) atoms. The van der Waals surface area contributed by atoms with Crippen LogP contribution in [0.5, 0.6) is 0 Å². The van der Waals surface area contributed by atoms with Crippen LogP contribution in [0.2, 0.25) is 0 Å². The van der Waals surface area contributed by atoms with Crippen molar-refractivity contribution in [3.63, 3.8) is 0 Å². The van der Waals surface area contributed by atoms with Gasteiger partial charge in [-0.1, -0.05) is 0 Å². The van der Waals surface area contributed by atoms with Crippen LogP contribution in [0.4, 0.5) is 0 Å². The zero-order chi connectivity index (χ0) is 36.2. The van der Waals surface area contributed by atoms with Crippen molar-refractivity contribution in [2.45, 2.75) is 49.9 Å². The Balaban J connectivity index is 1.93. The molecule has 0 saturated carbocycles. The summed E-state index contributed by atoms with van der Waals surface area (Å²) in [6, 6.07) is -4.31. The minimum absolute atomic E-state index is 0.0768. The second-order valence-corrected chi connectivity index (χ2v) is 12.5. The minimum atomic E-state index is -1.30. The number of carbonyl (C=O) groups is 7. The Hall–Kier alpha value is -4.63. The van der Waals surface area contributed by atoms with E-state index in [1.807, 2.05) is 12.5 Å². The average Bonchev–Trinajstić information content (AvgIpc) is 3.80. The van der Waals surface area contributed by atoms with Gasteiger partial charge in [-0.05, 0) is 36.9 Å². The number of carboxylic acids is 1. The molecule has 0 aliphatic heterocycles. The molecule has 270 valence electrons. The van der Waals surface area contributed by atoms with Gasteiger partial charge in [-0.25, -0.2) is 14.8 Å². The Labute approximate surface area is 290 Å². The Morgan fingerprint density at radius 3 is 1.59 bits per heavy atom. The van der Waals surface area contributed by atoms with E-state index < -0.39 is 85.2 Å². The first-order valence-electron chi connectivity index (χ1n) is 15.1. The van der Waals surface area contributed by atoms with E-state index in [9.17, 15) is 38.7 Å². The van der Waals surface area contributed by atoms with Gasteiger partial charge >= 0.3 is 5.97 Å². The highest BCUT2D eigenvalue weighted by atomic mass is 32.2. The van der Waals surface area contributed by atoms with Gasteiger partial charge in [0.05, 0.1) is 49.7 Å². The van der Waals surface area contributed by atoms with Crippen LogP contribution in [0.1, 0.15) is 24.2 Å². The number of H-pyrrole nitrogens is 2. The number of thioether (sulfide) groups is 2. The van der Waals surface area contributed by atoms with Gasteiger partial charge in [0.1, 0.15) is 18.1 Å². The van der Waals surface area contributed by atoms with Crippen LogP contribution in [0.25, 0.3) is 0 Å². The molecule has 2 aromatic heterocycles. The van der Waals surface area contributed by atoms with Gasteiger partial charge in [-0.2, -0.15) is 23.5 Å². The molecule has 0 aromatic carbocycles. The third-order valence-corrected chi connectivity index (χ3v) is 8.01. The van der Waals surface area contributed by atoms with E-state index in [1.165, 1.54) is 48.6 Å². The van der Waals surface area contributed by atoms with E-state index in [4.69, 9.17) is 5.73 Å². The summed E-state index contributed by atoms with van der Waals surface area (Å²) >= 11 is 2.98. The normalized spacial score (nSPS) is 13.2. The van der Waals surface area contributed by atoms with Crippen molar-refractivity contribution in [1.82, 2.24) is 51.8 Å². The van der Waals surface area contributed by atoms with Gasteiger partial charge in [-0.15, -0.1) is 0 Å². The van der Waals surface area contributed by atoms with E-state index >= 15 is 0 Å². The van der Waals surface area contributed by atoms with Gasteiger partial charge in [0.25, 0.3) is 0 Å². The van der Waals surface area contributed by atoms with Crippen molar-refractivity contribution >= 4 is 64.9 Å². The van der Waals surface area contributed by atoms with Crippen molar-refractivity contribution in [1.29, 1.82) is 0 Å². The fourth-order valence-electron chi connectivity index (χ4n) is 4.13. The first-order valence-corrected chi connectivity index (χ1v) is 17.8. The lowest BCUT2D eigenvalue weighted by molar-refractivity contribution is -0.141. The molecule has 0 aliphatic rings. The van der Waals surface area contributed by atoms with E-state index in [0.29, 0.717) is 29.3 Å². The molecular formula is C28H43N11O8S2. The van der Waals surface area contributed by atoms with E-state index in [1.54, 1.807) is 0 Å². The molecule has 21 heteroatoms. The summed E-state index contributed by atoms with van der Waals surface area (Å²) in [6.07, 6.45) is 9.95. The summed E-state index contributed by atoms with van der Waals surface area (Å²) in [7, 11) is 0. The Bertz CT molecular complexity index is 1380. The summed E-state index contributed by atoms with van der Waals surface area (Å²) < 4.78 is 0. The van der Waals surface area contributed by atoms with Crippen LogP contribution < -0.4 is 37.6 Å². The van der Waals surface area contributed by atoms with Crippen LogP contribution in [-0.2, 0) is 46.4 Å². The molecule has 2 rings (SSSR count). The number of nitrogens with two attached hydrogens (primary N) is 1. The number of carboxylic acid groups (broad SMARTS) is 1. The predicted octanol–water partition coefficient (Wildman–Crippen LogP) is -3.36. The number of hydrogen-bond acceptors (Lipinski definition) is 12. The number of nitrogens with one attached hydrogen (secondary N) is 8. The maximum absolute atomic E-state index is 13.0. The molecule has 2 heterocycles. The fourth-order valence-corrected chi connectivity index (χ4v) is 5.09. The summed E-state index contributed by atoms with van der Waals surface area (Å²) in [5.74, 6) is -4.18. The molecule has 6 amide bonds. The molecule has 0 aliphatic carbocycles. The molecule has 0 saturated heterocycles. The molecule has 0 bridgehead atoms. The second-order valence-electron chi connectivity index (χ2n) is 10.6. The number of nitrogens with zero attached hydrogens (tertiary/aromatic N) is 2. The van der Waals surface area contributed by atoms with Crippen LogP contribution in [0.15, 0.2) is 25.0 Å². The number of carbonyl (C=O) groups excluding carboxylic acids is 6. The topological polar surface area (TPSA) is 295 Å². The Morgan fingerprint density at radius 1 is 0.694 bits per heavy atom. The highest BCUT2D eigenvalue weighted by Gasteiger charge is 2.26. The molecule has 4 atom stereocenters. The predicted molar refractivity (Wildman–Crippen MR) is 181 cm³/mol. The van der Waals surface area contributed by atoms with Gasteiger partial charge < -0.3 is 52.7 Å². The lowest BCUT2D eigenvalue weighted by Gasteiger charge is -2.20. The van der Waals surface area contributed by atoms with Crippen molar-refractivity contribution in [2.24, 2.45) is 5.73 Å². The third kappa shape index (κ3) is 15.9. The Morgan fingerprint density at radius 2 is 1.12 bits per heavy atom. The number of aromatic nitrogens is 4. The molecule has 0 spiro atoms. The second kappa shape index (κ2) is 22.1. The fraction of sp³-hybridized carbons (Fsp3) is 0.536. The maximum atomic E-state index is 13.0. The number of amides is 6. The summed E-state index contributed by atoms with van der Waals surface area (Å²) in [5, 5.41) is 24.1. The van der Waals surface area contributed by atoms with Gasteiger partial charge in [-0.3, -0.25) is 28.8 Å². The minimum Gasteiger partial charge on any atom is -0.480 e. The molecule has 0 radical (unpaired) electrons. The summed E-state index contributed by atoms with van der Waals surface area (Å²) in [5.41, 5.74) is 6.63. The molecule has 4 unspecified atom stereocenters. The lowest BCUT2D eigenvalue weighted by Crippen LogP contribution is -2.54. The maximum Gasteiger partial charge on any atom is 0.326 e. The molecule has 2 aromatic rings. The van der Waals surface area contributed by atoms with Gasteiger partial charge in [0.15, 0.2) is 0 Å². The van der Waals surface area contributed by atoms with Crippen molar-refractivity contribution in [3.8, 4) is 0 Å². The highest BCUT2D eigenvalue weighted by Crippen LogP contribution is 2.03. The smallest absolute Gasteiger partial charge is 0.326 e. The summed E-state index contributed by atoms with van der Waals surface area (Å²) in [6.45, 7) is -1.53. The molecular weight excluding hydrogens is 683 g/mol. The van der Waals surface area contributed by atoms with Crippen molar-refractivity contribution in [2.75, 3.05) is 43.7 Å².